The molecule has 0 bridgehead atoms. The van der Waals surface area contributed by atoms with Gasteiger partial charge in [-0.3, -0.25) is 0 Å². The van der Waals surface area contributed by atoms with Gasteiger partial charge in [-0.1, -0.05) is 24.3 Å². The second-order valence-corrected chi connectivity index (χ2v) is 4.35. The van der Waals surface area contributed by atoms with Crippen LogP contribution in [0.4, 0.5) is 0 Å². The second kappa shape index (κ2) is 4.66. The number of hydrogen-bond acceptors (Lipinski definition) is 4. The van der Waals surface area contributed by atoms with Crippen molar-refractivity contribution in [3.63, 3.8) is 0 Å². The Morgan fingerprint density at radius 3 is 2.18 bits per heavy atom. The van der Waals surface area contributed by atoms with Crippen molar-refractivity contribution in [1.29, 1.82) is 0 Å². The third-order valence-electron chi connectivity index (χ3n) is 1.33. The second-order valence-electron chi connectivity index (χ2n) is 2.35. The first-order valence-electron chi connectivity index (χ1n) is 3.53. The highest BCUT2D eigenvalue weighted by atomic mass is 32.2. The van der Waals surface area contributed by atoms with Gasteiger partial charge in [-0.25, -0.2) is 20.1 Å². The zero-order valence-electron chi connectivity index (χ0n) is 6.66. The fourth-order valence-electron chi connectivity index (χ4n) is 0.640. The minimum atomic E-state index is -3.38. The molecule has 68 valence electrons. The van der Waals surface area contributed by atoms with Crippen LogP contribution in [-0.4, -0.2) is 18.7 Å². The molecule has 0 saturated carbocycles. The Kier molecular flexibility index (Phi) is 4.58. The molecular formula is C5H15N3O2S. The molecule has 0 spiro atoms. The number of hydrogen-bond donors (Lipinski definition) is 2. The Morgan fingerprint density at radius 1 is 1.27 bits per heavy atom. The molecule has 6 heteroatoms. The van der Waals surface area contributed by atoms with Crippen LogP contribution in [0.5, 0.6) is 0 Å². The van der Waals surface area contributed by atoms with Gasteiger partial charge >= 0.3 is 0 Å². The Labute approximate surface area is 67.3 Å². The SMILES string of the molecule is CCCCCS(=O)(=O)N(N)N. The summed E-state index contributed by atoms with van der Waals surface area (Å²) in [6.45, 7) is 2.00. The third-order valence-corrected chi connectivity index (χ3v) is 2.77. The van der Waals surface area contributed by atoms with E-state index in [0.29, 0.717) is 6.42 Å². The van der Waals surface area contributed by atoms with Gasteiger partial charge in [-0.2, -0.15) is 0 Å². The molecule has 0 radical (unpaired) electrons. The first-order valence-corrected chi connectivity index (χ1v) is 5.14. The molecule has 0 aliphatic rings. The minimum Gasteiger partial charge on any atom is -0.241 e. The van der Waals surface area contributed by atoms with E-state index < -0.39 is 10.0 Å². The summed E-state index contributed by atoms with van der Waals surface area (Å²) in [5, 5.41) is 0. The first kappa shape index (κ1) is 10.8. The number of hydrazine groups is 2. The van der Waals surface area contributed by atoms with Crippen LogP contribution in [0.25, 0.3) is 0 Å². The summed E-state index contributed by atoms with van der Waals surface area (Å²) in [5.74, 6) is 9.79. The van der Waals surface area contributed by atoms with E-state index >= 15 is 0 Å². The molecule has 11 heavy (non-hydrogen) atoms. The van der Waals surface area contributed by atoms with Crippen LogP contribution >= 0.6 is 0 Å². The Morgan fingerprint density at radius 2 is 1.82 bits per heavy atom. The molecule has 0 rings (SSSR count). The van der Waals surface area contributed by atoms with Crippen LogP contribution in [-0.2, 0) is 10.0 Å². The van der Waals surface area contributed by atoms with Crippen molar-refractivity contribution in [2.75, 3.05) is 5.75 Å². The van der Waals surface area contributed by atoms with Crippen molar-refractivity contribution in [3.05, 3.63) is 0 Å². The van der Waals surface area contributed by atoms with Crippen molar-refractivity contribution in [2.45, 2.75) is 26.2 Å². The van der Waals surface area contributed by atoms with Crippen molar-refractivity contribution < 1.29 is 8.42 Å². The van der Waals surface area contributed by atoms with Gasteiger partial charge in [0.1, 0.15) is 0 Å². The molecule has 0 aromatic rings. The summed E-state index contributed by atoms with van der Waals surface area (Å²) in [5.41, 5.74) is 0. The standard InChI is InChI=1S/C5H15N3O2S/c1-2-3-4-5-11(9,10)8(6)7/h2-7H2,1H3. The zero-order valence-corrected chi connectivity index (χ0v) is 7.47. The summed E-state index contributed by atoms with van der Waals surface area (Å²) in [6.07, 6.45) is 2.47. The smallest absolute Gasteiger partial charge is 0.239 e. The van der Waals surface area contributed by atoms with Crippen LogP contribution in [0.15, 0.2) is 0 Å². The summed E-state index contributed by atoms with van der Waals surface area (Å²) >= 11 is 0. The van der Waals surface area contributed by atoms with Gasteiger partial charge < -0.3 is 0 Å². The van der Waals surface area contributed by atoms with Crippen LogP contribution in [0.2, 0.25) is 0 Å². The predicted molar refractivity (Wildman–Crippen MR) is 43.5 cm³/mol. The van der Waals surface area contributed by atoms with Gasteiger partial charge in [0.05, 0.1) is 5.75 Å². The van der Waals surface area contributed by atoms with Crippen LogP contribution in [0.3, 0.4) is 0 Å². The van der Waals surface area contributed by atoms with Gasteiger partial charge in [0.25, 0.3) is 0 Å². The van der Waals surface area contributed by atoms with E-state index in [9.17, 15) is 8.42 Å². The normalized spacial score (nSPS) is 12.4. The van der Waals surface area contributed by atoms with E-state index in [-0.39, 0.29) is 10.3 Å². The van der Waals surface area contributed by atoms with E-state index in [1.165, 1.54) is 0 Å². The Bertz CT molecular complexity index is 188. The molecule has 0 aliphatic heterocycles. The lowest BCUT2D eigenvalue weighted by Gasteiger charge is -2.09. The van der Waals surface area contributed by atoms with E-state index in [1.54, 1.807) is 0 Å². The lowest BCUT2D eigenvalue weighted by Crippen LogP contribution is -2.44. The molecule has 0 unspecified atom stereocenters. The van der Waals surface area contributed by atoms with Gasteiger partial charge in [0, 0.05) is 0 Å². The molecule has 0 aromatic heterocycles. The highest BCUT2D eigenvalue weighted by Crippen LogP contribution is 1.99. The van der Waals surface area contributed by atoms with Gasteiger partial charge in [-0.05, 0) is 6.42 Å². The monoisotopic (exact) mass is 181 g/mol. The molecule has 4 N–H and O–H groups in total. The number of nitrogens with two attached hydrogens (primary N) is 2. The number of unbranched alkanes of at least 4 members (excludes halogenated alkanes) is 2. The third kappa shape index (κ3) is 4.31. The molecule has 0 aliphatic carbocycles. The summed E-state index contributed by atoms with van der Waals surface area (Å²) in [4.78, 5) is 0. The van der Waals surface area contributed by atoms with Gasteiger partial charge in [0.2, 0.25) is 10.0 Å². The highest BCUT2D eigenvalue weighted by Gasteiger charge is 2.13. The molecule has 5 nitrogen and oxygen atoms in total. The largest absolute Gasteiger partial charge is 0.241 e. The van der Waals surface area contributed by atoms with Crippen molar-refractivity contribution in [3.8, 4) is 0 Å². The van der Waals surface area contributed by atoms with Crippen molar-refractivity contribution >= 4 is 10.0 Å². The van der Waals surface area contributed by atoms with Crippen molar-refractivity contribution in [2.24, 2.45) is 11.7 Å². The van der Waals surface area contributed by atoms with E-state index in [0.717, 1.165) is 12.8 Å². The highest BCUT2D eigenvalue weighted by molar-refractivity contribution is 7.88. The molecule has 0 amide bonds. The van der Waals surface area contributed by atoms with Gasteiger partial charge in [-0.15, -0.1) is 0 Å². The summed E-state index contributed by atoms with van der Waals surface area (Å²) < 4.78 is 22.0. The predicted octanol–water partition coefficient (Wildman–Crippen LogP) is -0.444. The molecule has 0 heterocycles. The maximum Gasteiger partial charge on any atom is 0.239 e. The van der Waals surface area contributed by atoms with Gasteiger partial charge in [0.15, 0.2) is 0 Å². The maximum absolute atomic E-state index is 10.9. The summed E-state index contributed by atoms with van der Waals surface area (Å²) in [7, 11) is -3.38. The van der Waals surface area contributed by atoms with E-state index in [2.05, 4.69) is 0 Å². The molecule has 0 fully saturated rings. The Hall–Kier alpha value is -0.170. The number of sulfonamides is 1. The summed E-state index contributed by atoms with van der Waals surface area (Å²) in [6, 6.07) is 0. The average Bonchev–Trinajstić information content (AvgIpc) is 1.88. The topological polar surface area (TPSA) is 89.4 Å². The number of nitrogens with zero attached hydrogens (tertiary/aromatic N) is 1. The maximum atomic E-state index is 10.9. The number of rotatable bonds is 5. The zero-order chi connectivity index (χ0) is 8.91. The Balaban J connectivity index is 3.75. The van der Waals surface area contributed by atoms with Crippen LogP contribution in [0, 0.1) is 0 Å². The van der Waals surface area contributed by atoms with Crippen LogP contribution in [0.1, 0.15) is 26.2 Å². The first-order chi connectivity index (χ1) is 5.00. The molecule has 0 saturated heterocycles. The van der Waals surface area contributed by atoms with E-state index in [4.69, 9.17) is 11.7 Å². The quantitative estimate of drug-likeness (QED) is 0.342. The molecule has 0 aromatic carbocycles. The molecular weight excluding hydrogens is 166 g/mol. The van der Waals surface area contributed by atoms with Crippen LogP contribution < -0.4 is 11.7 Å². The fourth-order valence-corrected chi connectivity index (χ4v) is 1.42. The average molecular weight is 181 g/mol. The minimum absolute atomic E-state index is 0.0356. The lowest BCUT2D eigenvalue weighted by molar-refractivity contribution is 0.441. The van der Waals surface area contributed by atoms with E-state index in [1.807, 2.05) is 6.92 Å². The molecule has 0 atom stereocenters. The lowest BCUT2D eigenvalue weighted by atomic mass is 10.3. The van der Waals surface area contributed by atoms with Crippen molar-refractivity contribution in [1.82, 2.24) is 4.52 Å². The fraction of sp³-hybridized carbons (Fsp3) is 1.00.